The van der Waals surface area contributed by atoms with E-state index in [1.54, 1.807) is 0 Å². The number of benzene rings is 1. The van der Waals surface area contributed by atoms with Crippen LogP contribution < -0.4 is 5.73 Å². The van der Waals surface area contributed by atoms with Crippen LogP contribution in [0.2, 0.25) is 0 Å². The summed E-state index contributed by atoms with van der Waals surface area (Å²) < 4.78 is 2.10. The monoisotopic (exact) mass is 286 g/mol. The molecule has 0 spiro atoms. The molecule has 0 aliphatic rings. The molecule has 4 heteroatoms. The van der Waals surface area contributed by atoms with Crippen molar-refractivity contribution in [2.45, 2.75) is 46.4 Å². The van der Waals surface area contributed by atoms with Gasteiger partial charge in [0.25, 0.3) is 0 Å². The van der Waals surface area contributed by atoms with E-state index in [-0.39, 0.29) is 0 Å². The van der Waals surface area contributed by atoms with Crippen molar-refractivity contribution < 1.29 is 0 Å². The van der Waals surface area contributed by atoms with Crippen LogP contribution in [-0.4, -0.2) is 21.7 Å². The minimum atomic E-state index is 0.603. The van der Waals surface area contributed by atoms with Crippen LogP contribution >= 0.6 is 0 Å². The fourth-order valence-corrected chi connectivity index (χ4v) is 2.51. The normalized spacial score (nSPS) is 11.3. The topological polar surface area (TPSA) is 47.1 Å². The molecule has 114 valence electrons. The molecule has 0 radical (unpaired) electrons. The van der Waals surface area contributed by atoms with E-state index < -0.39 is 0 Å². The van der Waals surface area contributed by atoms with Crippen LogP contribution in [-0.2, 0) is 32.6 Å². The summed E-state index contributed by atoms with van der Waals surface area (Å²) in [6, 6.07) is 10.8. The molecule has 0 bridgehead atoms. The van der Waals surface area contributed by atoms with Gasteiger partial charge in [0.15, 0.2) is 0 Å². The van der Waals surface area contributed by atoms with Gasteiger partial charge in [-0.05, 0) is 37.6 Å². The van der Waals surface area contributed by atoms with Gasteiger partial charge < -0.3 is 5.73 Å². The molecule has 4 nitrogen and oxygen atoms in total. The van der Waals surface area contributed by atoms with Crippen LogP contribution in [0.4, 0.5) is 0 Å². The van der Waals surface area contributed by atoms with Crippen LogP contribution in [0.5, 0.6) is 0 Å². The van der Waals surface area contributed by atoms with Gasteiger partial charge in [-0.25, -0.2) is 0 Å². The molecule has 0 fully saturated rings. The second kappa shape index (κ2) is 7.38. The largest absolute Gasteiger partial charge is 0.326 e. The van der Waals surface area contributed by atoms with Crippen molar-refractivity contribution in [3.8, 4) is 0 Å². The molecule has 2 rings (SSSR count). The molecular weight excluding hydrogens is 260 g/mol. The summed E-state index contributed by atoms with van der Waals surface area (Å²) in [4.78, 5) is 2.32. The summed E-state index contributed by atoms with van der Waals surface area (Å²) in [6.45, 7) is 7.66. The lowest BCUT2D eigenvalue weighted by Crippen LogP contribution is -2.19. The molecular formula is C17H26N4. The average molecular weight is 286 g/mol. The van der Waals surface area contributed by atoms with E-state index in [0.29, 0.717) is 6.54 Å². The van der Waals surface area contributed by atoms with Gasteiger partial charge in [0.05, 0.1) is 11.4 Å². The van der Waals surface area contributed by atoms with Gasteiger partial charge in [-0.2, -0.15) is 5.10 Å². The van der Waals surface area contributed by atoms with Gasteiger partial charge in [0.1, 0.15) is 0 Å². The number of aryl methyl sites for hydroxylation is 2. The van der Waals surface area contributed by atoms with Crippen molar-refractivity contribution in [3.05, 3.63) is 52.8 Å². The lowest BCUT2D eigenvalue weighted by molar-refractivity contribution is 0.307. The van der Waals surface area contributed by atoms with E-state index >= 15 is 0 Å². The zero-order valence-electron chi connectivity index (χ0n) is 13.3. The van der Waals surface area contributed by atoms with Crippen molar-refractivity contribution in [3.63, 3.8) is 0 Å². The van der Waals surface area contributed by atoms with Crippen LogP contribution in [0.25, 0.3) is 0 Å². The van der Waals surface area contributed by atoms with Crippen LogP contribution in [0.1, 0.15) is 36.4 Å². The molecule has 0 atom stereocenters. The van der Waals surface area contributed by atoms with Crippen LogP contribution in [0.3, 0.4) is 0 Å². The van der Waals surface area contributed by atoms with Gasteiger partial charge in [-0.1, -0.05) is 31.2 Å². The number of aromatic nitrogens is 2. The molecule has 0 unspecified atom stereocenters. The summed E-state index contributed by atoms with van der Waals surface area (Å²) in [5.41, 5.74) is 10.6. The first-order chi connectivity index (χ1) is 10.2. The highest BCUT2D eigenvalue weighted by Crippen LogP contribution is 2.11. The second-order valence-electron chi connectivity index (χ2n) is 5.49. The smallest absolute Gasteiger partial charge is 0.0625 e. The third-order valence-electron chi connectivity index (χ3n) is 3.72. The molecule has 0 aliphatic carbocycles. The van der Waals surface area contributed by atoms with Gasteiger partial charge >= 0.3 is 0 Å². The van der Waals surface area contributed by atoms with E-state index in [1.165, 1.54) is 22.5 Å². The summed E-state index contributed by atoms with van der Waals surface area (Å²) in [5, 5.41) is 4.61. The molecule has 0 saturated carbocycles. The summed E-state index contributed by atoms with van der Waals surface area (Å²) in [5.74, 6) is 0. The maximum absolute atomic E-state index is 5.63. The minimum Gasteiger partial charge on any atom is -0.326 e. The SMILES string of the molecule is CCc1cc(CN(C)Cc2ccc(CN)cc2)n(CC)n1. The molecule has 1 aromatic carbocycles. The highest BCUT2D eigenvalue weighted by Gasteiger charge is 2.09. The van der Waals surface area contributed by atoms with Crippen molar-refractivity contribution >= 4 is 0 Å². The van der Waals surface area contributed by atoms with Crippen molar-refractivity contribution in [2.24, 2.45) is 5.73 Å². The standard InChI is InChI=1S/C17H26N4/c1-4-16-10-17(21(5-2)19-16)13-20(3)12-15-8-6-14(11-18)7-9-15/h6-10H,4-5,11-13,18H2,1-3H3. The fourth-order valence-electron chi connectivity index (χ4n) is 2.51. The number of rotatable bonds is 7. The third-order valence-corrected chi connectivity index (χ3v) is 3.72. The Morgan fingerprint density at radius 1 is 1.10 bits per heavy atom. The van der Waals surface area contributed by atoms with Crippen molar-refractivity contribution in [2.75, 3.05) is 7.05 Å². The first-order valence-corrected chi connectivity index (χ1v) is 7.68. The Kier molecular flexibility index (Phi) is 5.53. The Morgan fingerprint density at radius 2 is 1.76 bits per heavy atom. The Labute approximate surface area is 127 Å². The molecule has 1 heterocycles. The molecule has 21 heavy (non-hydrogen) atoms. The lowest BCUT2D eigenvalue weighted by Gasteiger charge is -2.17. The molecule has 0 aliphatic heterocycles. The van der Waals surface area contributed by atoms with E-state index in [4.69, 9.17) is 5.73 Å². The zero-order valence-corrected chi connectivity index (χ0v) is 13.3. The first kappa shape index (κ1) is 15.7. The molecule has 1 aromatic heterocycles. The predicted octanol–water partition coefficient (Wildman–Crippen LogP) is 2.56. The van der Waals surface area contributed by atoms with Crippen molar-refractivity contribution in [1.29, 1.82) is 0 Å². The minimum absolute atomic E-state index is 0.603. The summed E-state index contributed by atoms with van der Waals surface area (Å²) >= 11 is 0. The maximum atomic E-state index is 5.63. The van der Waals surface area contributed by atoms with Crippen molar-refractivity contribution in [1.82, 2.24) is 14.7 Å². The Bertz CT molecular complexity index is 557. The molecule has 2 N–H and O–H groups in total. The van der Waals surface area contributed by atoms with E-state index in [2.05, 4.69) is 65.9 Å². The van der Waals surface area contributed by atoms with E-state index in [1.807, 2.05) is 0 Å². The summed E-state index contributed by atoms with van der Waals surface area (Å²) in [7, 11) is 2.15. The number of nitrogens with zero attached hydrogens (tertiary/aromatic N) is 3. The summed E-state index contributed by atoms with van der Waals surface area (Å²) in [6.07, 6.45) is 0.990. The Morgan fingerprint density at radius 3 is 2.33 bits per heavy atom. The van der Waals surface area contributed by atoms with E-state index in [9.17, 15) is 0 Å². The van der Waals surface area contributed by atoms with Gasteiger partial charge in [-0.3, -0.25) is 9.58 Å². The van der Waals surface area contributed by atoms with Gasteiger partial charge in [-0.15, -0.1) is 0 Å². The average Bonchev–Trinajstić information content (AvgIpc) is 2.90. The Balaban J connectivity index is 2.00. The van der Waals surface area contributed by atoms with Gasteiger partial charge in [0.2, 0.25) is 0 Å². The number of hydrogen-bond donors (Lipinski definition) is 1. The highest BCUT2D eigenvalue weighted by atomic mass is 15.3. The molecule has 0 amide bonds. The second-order valence-corrected chi connectivity index (χ2v) is 5.49. The Hall–Kier alpha value is -1.65. The van der Waals surface area contributed by atoms with Gasteiger partial charge in [0, 0.05) is 26.2 Å². The predicted molar refractivity (Wildman–Crippen MR) is 86.8 cm³/mol. The van der Waals surface area contributed by atoms with E-state index in [0.717, 1.165) is 26.1 Å². The molecule has 2 aromatic rings. The lowest BCUT2D eigenvalue weighted by atomic mass is 10.1. The van der Waals surface area contributed by atoms with Crippen LogP contribution in [0.15, 0.2) is 30.3 Å². The molecule has 0 saturated heterocycles. The fraction of sp³-hybridized carbons (Fsp3) is 0.471. The number of hydrogen-bond acceptors (Lipinski definition) is 3. The zero-order chi connectivity index (χ0) is 15.2. The quantitative estimate of drug-likeness (QED) is 0.851. The number of nitrogens with two attached hydrogens (primary N) is 1. The maximum Gasteiger partial charge on any atom is 0.0625 e. The first-order valence-electron chi connectivity index (χ1n) is 7.68. The highest BCUT2D eigenvalue weighted by molar-refractivity contribution is 5.22. The van der Waals surface area contributed by atoms with Crippen LogP contribution in [0, 0.1) is 0 Å². The third kappa shape index (κ3) is 4.16.